The van der Waals surface area contributed by atoms with Gasteiger partial charge < -0.3 is 9.80 Å². The second kappa shape index (κ2) is 10.6. The van der Waals surface area contributed by atoms with Gasteiger partial charge in [-0.15, -0.1) is 22.6 Å². The van der Waals surface area contributed by atoms with Crippen molar-refractivity contribution >= 4 is 34.9 Å². The van der Waals surface area contributed by atoms with Crippen molar-refractivity contribution in [3.05, 3.63) is 71.7 Å². The lowest BCUT2D eigenvalue weighted by Gasteiger charge is -2.37. The minimum atomic E-state index is -5.04. The van der Waals surface area contributed by atoms with Gasteiger partial charge in [-0.3, -0.25) is 9.48 Å². The van der Waals surface area contributed by atoms with E-state index in [-0.39, 0.29) is 44.4 Å². The normalized spacial score (nSPS) is 15.9. The highest BCUT2D eigenvalue weighted by Gasteiger charge is 2.37. The number of nitrogens with zero attached hydrogens (tertiary/aromatic N) is 6. The summed E-state index contributed by atoms with van der Waals surface area (Å²) in [5, 5.41) is 14.8. The Labute approximate surface area is 226 Å². The molecule has 1 amide bonds. The van der Waals surface area contributed by atoms with Crippen LogP contribution in [0.25, 0.3) is 22.2 Å². The highest BCUT2D eigenvalue weighted by molar-refractivity contribution is 6.00. The minimum absolute atomic E-state index is 0. The first-order valence-corrected chi connectivity index (χ1v) is 11.6. The molecular formula is C26H25ClF4N6O. The predicted octanol–water partition coefficient (Wildman–Crippen LogP) is 5.35. The van der Waals surface area contributed by atoms with Crippen molar-refractivity contribution in [2.24, 2.45) is 7.05 Å². The summed E-state index contributed by atoms with van der Waals surface area (Å²) < 4.78 is 79.9. The first kappa shape index (κ1) is 23.4. The van der Waals surface area contributed by atoms with Crippen LogP contribution in [0.5, 0.6) is 0 Å². The molecule has 1 aliphatic heterocycles. The molecule has 0 bridgehead atoms. The first-order chi connectivity index (χ1) is 18.9. The maximum atomic E-state index is 13.6. The highest BCUT2D eigenvalue weighted by atomic mass is 35.5. The maximum Gasteiger partial charge on any atom is 0.417 e. The average molecular weight is 552 g/mol. The van der Waals surface area contributed by atoms with Gasteiger partial charge in [-0.05, 0) is 37.1 Å². The van der Waals surface area contributed by atoms with E-state index in [2.05, 4.69) is 15.3 Å². The lowest BCUT2D eigenvalue weighted by atomic mass is 10.00. The third-order valence-corrected chi connectivity index (χ3v) is 6.60. The van der Waals surface area contributed by atoms with Gasteiger partial charge in [-0.25, -0.2) is 4.39 Å². The third kappa shape index (κ3) is 5.02. The zero-order valence-corrected chi connectivity index (χ0v) is 20.9. The molecule has 2 aromatic carbocycles. The van der Waals surface area contributed by atoms with Gasteiger partial charge in [0.05, 0.1) is 16.8 Å². The van der Waals surface area contributed by atoms with Crippen molar-refractivity contribution in [1.82, 2.24) is 24.9 Å². The Balaban J connectivity index is 0.00000387. The second-order valence-corrected chi connectivity index (χ2v) is 8.84. The molecule has 5 rings (SSSR count). The Morgan fingerprint density at radius 1 is 1.08 bits per heavy atom. The number of benzene rings is 2. The van der Waals surface area contributed by atoms with Gasteiger partial charge in [-0.1, -0.05) is 24.3 Å². The molecule has 0 spiro atoms. The lowest BCUT2D eigenvalue weighted by molar-refractivity contribution is -0.138. The molecule has 0 radical (unpaired) electrons. The van der Waals surface area contributed by atoms with E-state index in [1.165, 1.54) is 0 Å². The summed E-state index contributed by atoms with van der Waals surface area (Å²) >= 11 is 0. The van der Waals surface area contributed by atoms with Crippen molar-refractivity contribution < 1.29 is 26.5 Å². The smallest absolute Gasteiger partial charge is 0.354 e. The fourth-order valence-corrected chi connectivity index (χ4v) is 4.69. The van der Waals surface area contributed by atoms with Gasteiger partial charge in [0.15, 0.2) is 5.82 Å². The summed E-state index contributed by atoms with van der Waals surface area (Å²) in [6, 6.07) is 10.1. The van der Waals surface area contributed by atoms with Crippen LogP contribution in [0.2, 0.25) is 0 Å². The van der Waals surface area contributed by atoms with E-state index in [0.29, 0.717) is 28.5 Å². The average Bonchev–Trinajstić information content (AvgIpc) is 3.32. The molecule has 1 fully saturated rings. The van der Waals surface area contributed by atoms with Crippen LogP contribution in [-0.4, -0.2) is 56.9 Å². The van der Waals surface area contributed by atoms with Crippen molar-refractivity contribution in [2.75, 3.05) is 25.0 Å². The summed E-state index contributed by atoms with van der Waals surface area (Å²) in [7, 11) is 1.80. The first-order valence-electron chi connectivity index (χ1n) is 13.1. The van der Waals surface area contributed by atoms with Crippen LogP contribution in [0, 0.1) is 5.82 Å². The maximum absolute atomic E-state index is 13.6. The molecule has 4 aromatic rings. The van der Waals surface area contributed by atoms with E-state index in [9.17, 15) is 22.4 Å². The number of aromatic nitrogens is 4. The molecule has 2 aromatic heterocycles. The number of anilines is 1. The zero-order chi connectivity index (χ0) is 28.8. The molecule has 7 nitrogen and oxygen atoms in total. The SMILES string of the molecule is Cl.[2H]C([2H])([2H])N(C(=O)c1ccc(F)cc1C(F)(F)F)C1CCN(c2nnc(-c3ccnn3C)c3ccccc23)CC1. The number of amides is 1. The van der Waals surface area contributed by atoms with Crippen LogP contribution < -0.4 is 4.90 Å². The summed E-state index contributed by atoms with van der Waals surface area (Å²) in [4.78, 5) is 15.7. The number of piperidine rings is 1. The molecular weight excluding hydrogens is 524 g/mol. The van der Waals surface area contributed by atoms with Gasteiger partial charge >= 0.3 is 6.18 Å². The molecule has 1 aliphatic rings. The Bertz CT molecular complexity index is 1570. The molecule has 200 valence electrons. The van der Waals surface area contributed by atoms with Crippen LogP contribution in [0.15, 0.2) is 54.7 Å². The van der Waals surface area contributed by atoms with E-state index in [4.69, 9.17) is 4.11 Å². The van der Waals surface area contributed by atoms with Gasteiger partial charge in [0.25, 0.3) is 5.91 Å². The number of alkyl halides is 3. The molecule has 0 unspecified atom stereocenters. The molecule has 38 heavy (non-hydrogen) atoms. The Hall–Kier alpha value is -3.73. The van der Waals surface area contributed by atoms with Gasteiger partial charge in [-0.2, -0.15) is 18.3 Å². The second-order valence-electron chi connectivity index (χ2n) is 8.84. The molecule has 0 saturated carbocycles. The van der Waals surface area contributed by atoms with Crippen molar-refractivity contribution in [3.8, 4) is 11.4 Å². The number of fused-ring (bicyclic) bond motifs is 1. The third-order valence-electron chi connectivity index (χ3n) is 6.60. The van der Waals surface area contributed by atoms with Crippen LogP contribution in [0.1, 0.15) is 32.9 Å². The number of carbonyl (C=O) groups excluding carboxylic acids is 1. The molecule has 0 atom stereocenters. The predicted molar refractivity (Wildman–Crippen MR) is 138 cm³/mol. The quantitative estimate of drug-likeness (QED) is 0.320. The summed E-state index contributed by atoms with van der Waals surface area (Å²) in [6.45, 7) is -2.45. The van der Waals surface area contributed by atoms with Crippen LogP contribution in [0.4, 0.5) is 23.4 Å². The van der Waals surface area contributed by atoms with E-state index in [0.717, 1.165) is 16.5 Å². The lowest BCUT2D eigenvalue weighted by Crippen LogP contribution is -2.46. The molecule has 0 N–H and O–H groups in total. The number of aryl methyl sites for hydroxylation is 1. The van der Waals surface area contributed by atoms with E-state index in [1.807, 2.05) is 35.2 Å². The van der Waals surface area contributed by atoms with Crippen LogP contribution in [0.3, 0.4) is 0 Å². The van der Waals surface area contributed by atoms with E-state index < -0.39 is 42.0 Å². The standard InChI is InChI=1S/C26H24F4N6O.ClH/c1-34(25(37)20-8-7-16(27)15-21(20)26(28,29)30)17-10-13-36(14-11-17)24-19-6-4-3-5-18(19)23(32-33-24)22-9-12-31-35(22)2;/h3-9,12,15,17H,10-11,13-14H2,1-2H3;1H/i1D3;. The van der Waals surface area contributed by atoms with Gasteiger partial charge in [0.2, 0.25) is 0 Å². The largest absolute Gasteiger partial charge is 0.417 e. The number of hydrogen-bond acceptors (Lipinski definition) is 5. The van der Waals surface area contributed by atoms with E-state index >= 15 is 0 Å². The van der Waals surface area contributed by atoms with Crippen LogP contribution >= 0.6 is 12.4 Å². The Kier molecular flexibility index (Phi) is 6.50. The Morgan fingerprint density at radius 3 is 2.42 bits per heavy atom. The molecule has 0 aliphatic carbocycles. The number of rotatable bonds is 4. The number of halogens is 5. The van der Waals surface area contributed by atoms with Crippen LogP contribution in [-0.2, 0) is 13.2 Å². The molecule has 12 heteroatoms. The fraction of sp³-hybridized carbons (Fsp3) is 0.308. The van der Waals surface area contributed by atoms with Crippen molar-refractivity contribution in [2.45, 2.75) is 25.1 Å². The van der Waals surface area contributed by atoms with Crippen molar-refractivity contribution in [3.63, 3.8) is 0 Å². The topological polar surface area (TPSA) is 67.2 Å². The zero-order valence-electron chi connectivity index (χ0n) is 23.1. The number of carbonyl (C=O) groups is 1. The fourth-order valence-electron chi connectivity index (χ4n) is 4.69. The molecule has 1 saturated heterocycles. The molecule has 3 heterocycles. The Morgan fingerprint density at radius 2 is 1.79 bits per heavy atom. The highest BCUT2D eigenvalue weighted by Crippen LogP contribution is 2.35. The van der Waals surface area contributed by atoms with Gasteiger partial charge in [0.1, 0.15) is 11.5 Å². The van der Waals surface area contributed by atoms with E-state index in [1.54, 1.807) is 17.9 Å². The van der Waals surface area contributed by atoms with Crippen molar-refractivity contribution in [1.29, 1.82) is 0 Å². The summed E-state index contributed by atoms with van der Waals surface area (Å²) in [5.74, 6) is -1.93. The number of hydrogen-bond donors (Lipinski definition) is 0. The monoisotopic (exact) mass is 551 g/mol. The summed E-state index contributed by atoms with van der Waals surface area (Å²) in [6.07, 6.45) is -3.07. The summed E-state index contributed by atoms with van der Waals surface area (Å²) in [5.41, 5.74) is -0.998. The van der Waals surface area contributed by atoms with Gasteiger partial charge in [0, 0.05) is 54.2 Å². The minimum Gasteiger partial charge on any atom is -0.354 e.